The van der Waals surface area contributed by atoms with Crippen LogP contribution in [0.5, 0.6) is 0 Å². The van der Waals surface area contributed by atoms with E-state index in [2.05, 4.69) is 0 Å². The molecular formula is C9H14O. The molecule has 0 spiro atoms. The van der Waals surface area contributed by atoms with E-state index in [0.717, 1.165) is 11.8 Å². The molecule has 5 atom stereocenters. The van der Waals surface area contributed by atoms with Crippen molar-refractivity contribution in [1.82, 2.24) is 0 Å². The number of hydrogen-bond donors (Lipinski definition) is 1. The maximum atomic E-state index is 9.89. The summed E-state index contributed by atoms with van der Waals surface area (Å²) in [6.45, 7) is 2.04. The van der Waals surface area contributed by atoms with Crippen LogP contribution in [-0.2, 0) is 0 Å². The lowest BCUT2D eigenvalue weighted by atomic mass is 9.53. The second-order valence-corrected chi connectivity index (χ2v) is 4.68. The zero-order valence-electron chi connectivity index (χ0n) is 6.38. The molecule has 10 heavy (non-hydrogen) atoms. The largest absolute Gasteiger partial charge is 0.390 e. The van der Waals surface area contributed by atoms with E-state index in [1.807, 2.05) is 6.92 Å². The van der Waals surface area contributed by atoms with E-state index in [-0.39, 0.29) is 5.60 Å². The molecular weight excluding hydrogens is 124 g/mol. The summed E-state index contributed by atoms with van der Waals surface area (Å²) in [7, 11) is 0. The highest BCUT2D eigenvalue weighted by Gasteiger charge is 2.66. The summed E-state index contributed by atoms with van der Waals surface area (Å²) in [5.74, 6) is 3.31. The Morgan fingerprint density at radius 3 is 2.10 bits per heavy atom. The molecule has 0 aromatic rings. The molecule has 0 heterocycles. The Labute approximate surface area is 61.4 Å². The van der Waals surface area contributed by atoms with Gasteiger partial charge in [0.05, 0.1) is 5.60 Å². The number of aliphatic hydroxyl groups is 1. The first-order valence-corrected chi connectivity index (χ1v) is 4.42. The molecule has 0 amide bonds. The van der Waals surface area contributed by atoms with Gasteiger partial charge in [0.25, 0.3) is 0 Å². The molecule has 0 radical (unpaired) electrons. The van der Waals surface area contributed by atoms with Gasteiger partial charge in [0.2, 0.25) is 0 Å². The van der Waals surface area contributed by atoms with E-state index in [4.69, 9.17) is 0 Å². The molecule has 3 aliphatic rings. The molecule has 0 aromatic carbocycles. The second kappa shape index (κ2) is 1.29. The Bertz CT molecular complexity index is 169. The first-order valence-electron chi connectivity index (χ1n) is 4.42. The molecule has 0 saturated heterocycles. The van der Waals surface area contributed by atoms with Gasteiger partial charge in [0.1, 0.15) is 0 Å². The van der Waals surface area contributed by atoms with Gasteiger partial charge in [-0.1, -0.05) is 0 Å². The Morgan fingerprint density at radius 1 is 1.20 bits per heavy atom. The van der Waals surface area contributed by atoms with Gasteiger partial charge in [0.15, 0.2) is 0 Å². The summed E-state index contributed by atoms with van der Waals surface area (Å²) < 4.78 is 0. The lowest BCUT2D eigenvalue weighted by Gasteiger charge is -2.55. The minimum absolute atomic E-state index is 0.252. The van der Waals surface area contributed by atoms with Gasteiger partial charge in [0, 0.05) is 0 Å². The predicted molar refractivity (Wildman–Crippen MR) is 38.4 cm³/mol. The van der Waals surface area contributed by atoms with Gasteiger partial charge in [-0.15, -0.1) is 0 Å². The van der Waals surface area contributed by atoms with Crippen LogP contribution >= 0.6 is 0 Å². The van der Waals surface area contributed by atoms with Crippen molar-refractivity contribution in [2.24, 2.45) is 23.7 Å². The van der Waals surface area contributed by atoms with Gasteiger partial charge in [-0.25, -0.2) is 0 Å². The Balaban J connectivity index is 2.00. The van der Waals surface area contributed by atoms with Gasteiger partial charge >= 0.3 is 0 Å². The Kier molecular flexibility index (Phi) is 0.722. The number of fused-ring (bicyclic) bond motifs is 1. The average Bonchev–Trinajstić information content (AvgIpc) is 2.41. The standard InChI is InChI=1S/C9H14O/c1-9(10)7-3-5-2-6(7)8(9)4-5/h5-8,10H,2-4H2,1H3/t5?,6?,7-,8+,9?. The minimum Gasteiger partial charge on any atom is -0.390 e. The van der Waals surface area contributed by atoms with Crippen molar-refractivity contribution < 1.29 is 5.11 Å². The molecule has 3 aliphatic carbocycles. The average molecular weight is 138 g/mol. The first kappa shape index (κ1) is 5.59. The maximum absolute atomic E-state index is 9.89. The fourth-order valence-electron chi connectivity index (χ4n) is 3.85. The quantitative estimate of drug-likeness (QED) is 0.536. The number of rotatable bonds is 0. The van der Waals surface area contributed by atoms with Crippen LogP contribution in [0.2, 0.25) is 0 Å². The van der Waals surface area contributed by atoms with Gasteiger partial charge < -0.3 is 5.11 Å². The molecule has 3 unspecified atom stereocenters. The summed E-state index contributed by atoms with van der Waals surface area (Å²) >= 11 is 0. The molecule has 1 N–H and O–H groups in total. The Morgan fingerprint density at radius 2 is 1.80 bits per heavy atom. The van der Waals surface area contributed by atoms with Crippen LogP contribution in [-0.4, -0.2) is 10.7 Å². The van der Waals surface area contributed by atoms with Gasteiger partial charge in [-0.2, -0.15) is 0 Å². The van der Waals surface area contributed by atoms with Crippen LogP contribution in [0.1, 0.15) is 26.2 Å². The third kappa shape index (κ3) is 0.378. The van der Waals surface area contributed by atoms with E-state index in [0.29, 0.717) is 11.8 Å². The Hall–Kier alpha value is -0.0400. The molecule has 0 aromatic heterocycles. The van der Waals surface area contributed by atoms with Crippen LogP contribution < -0.4 is 0 Å². The summed E-state index contributed by atoms with van der Waals surface area (Å²) in [4.78, 5) is 0. The third-order valence-corrected chi connectivity index (χ3v) is 4.32. The van der Waals surface area contributed by atoms with Crippen LogP contribution in [0.4, 0.5) is 0 Å². The fourth-order valence-corrected chi connectivity index (χ4v) is 3.85. The molecule has 3 fully saturated rings. The van der Waals surface area contributed by atoms with Crippen LogP contribution in [0.3, 0.4) is 0 Å². The van der Waals surface area contributed by atoms with Crippen molar-refractivity contribution in [1.29, 1.82) is 0 Å². The molecule has 56 valence electrons. The normalized spacial score (nSPS) is 70.2. The van der Waals surface area contributed by atoms with Crippen molar-refractivity contribution in [2.75, 3.05) is 0 Å². The fraction of sp³-hybridized carbons (Fsp3) is 1.00. The second-order valence-electron chi connectivity index (χ2n) is 4.68. The zero-order chi connectivity index (χ0) is 6.93. The molecule has 2 bridgehead atoms. The van der Waals surface area contributed by atoms with Gasteiger partial charge in [-0.05, 0) is 49.9 Å². The van der Waals surface area contributed by atoms with E-state index in [9.17, 15) is 5.11 Å². The van der Waals surface area contributed by atoms with E-state index >= 15 is 0 Å². The molecule has 1 nitrogen and oxygen atoms in total. The highest BCUT2D eigenvalue weighted by molar-refractivity contribution is 5.16. The van der Waals surface area contributed by atoms with Crippen molar-refractivity contribution >= 4 is 0 Å². The first-order chi connectivity index (χ1) is 4.69. The highest BCUT2D eigenvalue weighted by atomic mass is 16.3. The monoisotopic (exact) mass is 138 g/mol. The van der Waals surface area contributed by atoms with E-state index < -0.39 is 0 Å². The topological polar surface area (TPSA) is 20.2 Å². The maximum Gasteiger partial charge on any atom is 0.0681 e. The van der Waals surface area contributed by atoms with Crippen LogP contribution in [0.25, 0.3) is 0 Å². The third-order valence-electron chi connectivity index (χ3n) is 4.32. The SMILES string of the molecule is CC1(O)[C@@H]2CC3CC2[C@@H]1C3. The lowest BCUT2D eigenvalue weighted by Crippen LogP contribution is -2.59. The van der Waals surface area contributed by atoms with E-state index in [1.165, 1.54) is 19.3 Å². The minimum atomic E-state index is -0.252. The smallest absolute Gasteiger partial charge is 0.0681 e. The molecule has 3 saturated carbocycles. The van der Waals surface area contributed by atoms with Crippen LogP contribution in [0.15, 0.2) is 0 Å². The summed E-state index contributed by atoms with van der Waals surface area (Å²) in [6.07, 6.45) is 4.09. The molecule has 3 rings (SSSR count). The van der Waals surface area contributed by atoms with Gasteiger partial charge in [-0.3, -0.25) is 0 Å². The zero-order valence-corrected chi connectivity index (χ0v) is 6.38. The number of hydrogen-bond acceptors (Lipinski definition) is 1. The van der Waals surface area contributed by atoms with Crippen molar-refractivity contribution in [3.8, 4) is 0 Å². The summed E-state index contributed by atoms with van der Waals surface area (Å²) in [6, 6.07) is 0. The molecule has 0 aliphatic heterocycles. The van der Waals surface area contributed by atoms with Crippen molar-refractivity contribution in [3.05, 3.63) is 0 Å². The van der Waals surface area contributed by atoms with Crippen molar-refractivity contribution in [2.45, 2.75) is 31.8 Å². The summed E-state index contributed by atoms with van der Waals surface area (Å²) in [5, 5.41) is 9.89. The summed E-state index contributed by atoms with van der Waals surface area (Å²) in [5.41, 5.74) is -0.252. The van der Waals surface area contributed by atoms with Crippen molar-refractivity contribution in [3.63, 3.8) is 0 Å². The van der Waals surface area contributed by atoms with Crippen LogP contribution in [0, 0.1) is 23.7 Å². The highest BCUT2D eigenvalue weighted by Crippen LogP contribution is 2.68. The predicted octanol–water partition coefficient (Wildman–Crippen LogP) is 1.41. The lowest BCUT2D eigenvalue weighted by molar-refractivity contribution is -0.181. The molecule has 1 heteroatoms. The van der Waals surface area contributed by atoms with E-state index in [1.54, 1.807) is 0 Å².